The molecular formula is C14H20ClFN2O2. The molecule has 20 heavy (non-hydrogen) atoms. The fourth-order valence-electron chi connectivity index (χ4n) is 1.82. The van der Waals surface area contributed by atoms with Crippen LogP contribution in [-0.2, 0) is 9.53 Å². The Morgan fingerprint density at radius 2 is 2.15 bits per heavy atom. The fraction of sp³-hybridized carbons (Fsp3) is 0.500. The highest BCUT2D eigenvalue weighted by molar-refractivity contribution is 6.31. The van der Waals surface area contributed by atoms with Gasteiger partial charge < -0.3 is 10.1 Å². The predicted molar refractivity (Wildman–Crippen MR) is 77.3 cm³/mol. The molecule has 0 spiro atoms. The summed E-state index contributed by atoms with van der Waals surface area (Å²) >= 11 is 5.99. The zero-order valence-electron chi connectivity index (χ0n) is 11.9. The van der Waals surface area contributed by atoms with E-state index in [9.17, 15) is 9.18 Å². The van der Waals surface area contributed by atoms with E-state index >= 15 is 0 Å². The summed E-state index contributed by atoms with van der Waals surface area (Å²) in [6.07, 6.45) is 0. The minimum atomic E-state index is -0.386. The van der Waals surface area contributed by atoms with Crippen LogP contribution in [0.5, 0.6) is 0 Å². The SMILES string of the molecule is COCCNC(=O)C(C)NC(C)c1ccc(F)cc1Cl. The maximum Gasteiger partial charge on any atom is 0.236 e. The quantitative estimate of drug-likeness (QED) is 0.760. The summed E-state index contributed by atoms with van der Waals surface area (Å²) in [4.78, 5) is 11.8. The van der Waals surface area contributed by atoms with Gasteiger partial charge in [-0.3, -0.25) is 10.1 Å². The number of nitrogens with one attached hydrogen (secondary N) is 2. The Balaban J connectivity index is 2.56. The molecule has 0 saturated heterocycles. The van der Waals surface area contributed by atoms with Crippen LogP contribution in [0.4, 0.5) is 4.39 Å². The first-order valence-electron chi connectivity index (χ1n) is 6.43. The van der Waals surface area contributed by atoms with E-state index in [0.717, 1.165) is 5.56 Å². The third-order valence-corrected chi connectivity index (χ3v) is 3.26. The Morgan fingerprint density at radius 1 is 1.45 bits per heavy atom. The van der Waals surface area contributed by atoms with Crippen LogP contribution in [0.3, 0.4) is 0 Å². The summed E-state index contributed by atoms with van der Waals surface area (Å²) in [5.74, 6) is -0.497. The molecule has 1 rings (SSSR count). The average Bonchev–Trinajstić information content (AvgIpc) is 2.38. The van der Waals surface area contributed by atoms with Crippen molar-refractivity contribution in [2.75, 3.05) is 20.3 Å². The van der Waals surface area contributed by atoms with Crippen LogP contribution >= 0.6 is 11.6 Å². The van der Waals surface area contributed by atoms with E-state index in [1.165, 1.54) is 12.1 Å². The van der Waals surface area contributed by atoms with Crippen LogP contribution in [0.15, 0.2) is 18.2 Å². The van der Waals surface area contributed by atoms with Gasteiger partial charge in [0.15, 0.2) is 0 Å². The van der Waals surface area contributed by atoms with E-state index in [4.69, 9.17) is 16.3 Å². The smallest absolute Gasteiger partial charge is 0.236 e. The highest BCUT2D eigenvalue weighted by Crippen LogP contribution is 2.23. The van der Waals surface area contributed by atoms with Gasteiger partial charge in [0.1, 0.15) is 5.82 Å². The molecule has 112 valence electrons. The predicted octanol–water partition coefficient (Wildman–Crippen LogP) is 2.28. The number of benzene rings is 1. The average molecular weight is 303 g/mol. The lowest BCUT2D eigenvalue weighted by molar-refractivity contribution is -0.123. The summed E-state index contributed by atoms with van der Waals surface area (Å²) in [7, 11) is 1.58. The van der Waals surface area contributed by atoms with Crippen LogP contribution < -0.4 is 10.6 Å². The lowest BCUT2D eigenvalue weighted by atomic mass is 10.1. The lowest BCUT2D eigenvalue weighted by Crippen LogP contribution is -2.44. The molecular weight excluding hydrogens is 283 g/mol. The van der Waals surface area contributed by atoms with Crippen molar-refractivity contribution >= 4 is 17.5 Å². The number of ether oxygens (including phenoxy) is 1. The molecule has 1 aromatic carbocycles. The first-order valence-corrected chi connectivity index (χ1v) is 6.81. The zero-order valence-corrected chi connectivity index (χ0v) is 12.6. The van der Waals surface area contributed by atoms with Crippen molar-refractivity contribution in [3.63, 3.8) is 0 Å². The lowest BCUT2D eigenvalue weighted by Gasteiger charge is -2.20. The number of amides is 1. The van der Waals surface area contributed by atoms with Crippen molar-refractivity contribution in [2.24, 2.45) is 0 Å². The Kier molecular flexibility index (Phi) is 6.91. The van der Waals surface area contributed by atoms with Gasteiger partial charge in [-0.15, -0.1) is 0 Å². The fourth-order valence-corrected chi connectivity index (χ4v) is 2.15. The highest BCUT2D eigenvalue weighted by Gasteiger charge is 2.17. The Labute approximate surface area is 123 Å². The Bertz CT molecular complexity index is 457. The van der Waals surface area contributed by atoms with Crippen molar-refractivity contribution in [3.8, 4) is 0 Å². The molecule has 0 bridgehead atoms. The standard InChI is InChI=1S/C14H20ClFN2O2/c1-9(12-5-4-11(16)8-13(12)15)18-10(2)14(19)17-6-7-20-3/h4-5,8-10,18H,6-7H2,1-3H3,(H,17,19). The molecule has 1 aromatic rings. The van der Waals surface area contributed by atoms with Crippen LogP contribution in [0.25, 0.3) is 0 Å². The number of carbonyl (C=O) groups excluding carboxylic acids is 1. The summed E-state index contributed by atoms with van der Waals surface area (Å²) in [5.41, 5.74) is 0.754. The number of halogens is 2. The molecule has 2 N–H and O–H groups in total. The highest BCUT2D eigenvalue weighted by atomic mass is 35.5. The van der Waals surface area contributed by atoms with Crippen molar-refractivity contribution in [1.29, 1.82) is 0 Å². The van der Waals surface area contributed by atoms with Crippen molar-refractivity contribution in [3.05, 3.63) is 34.6 Å². The molecule has 6 heteroatoms. The molecule has 4 nitrogen and oxygen atoms in total. The number of methoxy groups -OCH3 is 1. The van der Waals surface area contributed by atoms with Gasteiger partial charge in [0.25, 0.3) is 0 Å². The van der Waals surface area contributed by atoms with Crippen LogP contribution in [0, 0.1) is 5.82 Å². The molecule has 2 atom stereocenters. The normalized spacial score (nSPS) is 13.8. The summed E-state index contributed by atoms with van der Waals surface area (Å²) in [5, 5.41) is 6.21. The first kappa shape index (κ1) is 16.9. The van der Waals surface area contributed by atoms with Crippen molar-refractivity contribution in [2.45, 2.75) is 25.9 Å². The molecule has 0 fully saturated rings. The summed E-state index contributed by atoms with van der Waals surface area (Å²) < 4.78 is 17.9. The minimum absolute atomic E-state index is 0.118. The molecule has 0 aliphatic carbocycles. The number of rotatable bonds is 7. The molecule has 0 aliphatic rings. The van der Waals surface area contributed by atoms with E-state index in [0.29, 0.717) is 18.2 Å². The summed E-state index contributed by atoms with van der Waals surface area (Å²) in [6, 6.07) is 3.68. The van der Waals surface area contributed by atoms with E-state index in [-0.39, 0.29) is 23.8 Å². The number of hydrogen-bond donors (Lipinski definition) is 2. The van der Waals surface area contributed by atoms with Crippen LogP contribution in [-0.4, -0.2) is 32.2 Å². The van der Waals surface area contributed by atoms with E-state index in [2.05, 4.69) is 10.6 Å². The second kappa shape index (κ2) is 8.19. The zero-order chi connectivity index (χ0) is 15.1. The van der Waals surface area contributed by atoms with Gasteiger partial charge >= 0.3 is 0 Å². The van der Waals surface area contributed by atoms with E-state index in [1.54, 1.807) is 20.1 Å². The van der Waals surface area contributed by atoms with Crippen molar-refractivity contribution < 1.29 is 13.9 Å². The van der Waals surface area contributed by atoms with Crippen molar-refractivity contribution in [1.82, 2.24) is 10.6 Å². The van der Waals surface area contributed by atoms with Crippen LogP contribution in [0.2, 0.25) is 5.02 Å². The molecule has 0 aromatic heterocycles. The number of hydrogen-bond acceptors (Lipinski definition) is 3. The second-order valence-corrected chi connectivity index (χ2v) is 4.97. The molecule has 0 radical (unpaired) electrons. The van der Waals surface area contributed by atoms with Gasteiger partial charge in [0.2, 0.25) is 5.91 Å². The molecule has 0 heterocycles. The Hall–Kier alpha value is -1.17. The van der Waals surface area contributed by atoms with Gasteiger partial charge in [0, 0.05) is 24.7 Å². The Morgan fingerprint density at radius 3 is 2.75 bits per heavy atom. The summed E-state index contributed by atoms with van der Waals surface area (Å²) in [6.45, 7) is 4.57. The van der Waals surface area contributed by atoms with Gasteiger partial charge in [-0.2, -0.15) is 0 Å². The topological polar surface area (TPSA) is 50.4 Å². The van der Waals surface area contributed by atoms with E-state index < -0.39 is 0 Å². The molecule has 1 amide bonds. The maximum absolute atomic E-state index is 13.0. The molecule has 0 saturated carbocycles. The van der Waals surface area contributed by atoms with Gasteiger partial charge in [0.05, 0.1) is 12.6 Å². The van der Waals surface area contributed by atoms with Gasteiger partial charge in [-0.25, -0.2) is 4.39 Å². The van der Waals surface area contributed by atoms with Gasteiger partial charge in [-0.05, 0) is 31.5 Å². The third-order valence-electron chi connectivity index (χ3n) is 2.93. The maximum atomic E-state index is 13.0. The number of carbonyl (C=O) groups is 1. The monoisotopic (exact) mass is 302 g/mol. The molecule has 2 unspecified atom stereocenters. The van der Waals surface area contributed by atoms with Crippen LogP contribution in [0.1, 0.15) is 25.5 Å². The largest absolute Gasteiger partial charge is 0.383 e. The minimum Gasteiger partial charge on any atom is -0.383 e. The van der Waals surface area contributed by atoms with Gasteiger partial charge in [-0.1, -0.05) is 17.7 Å². The van der Waals surface area contributed by atoms with E-state index in [1.807, 2.05) is 6.92 Å². The third kappa shape index (κ3) is 5.07. The second-order valence-electron chi connectivity index (χ2n) is 4.56. The molecule has 0 aliphatic heterocycles. The first-order chi connectivity index (χ1) is 9.45.